The minimum absolute atomic E-state index is 0.0473. The van der Waals surface area contributed by atoms with Gasteiger partial charge in [-0.15, -0.1) is 11.3 Å². The van der Waals surface area contributed by atoms with Crippen molar-refractivity contribution in [2.45, 2.75) is 25.8 Å². The van der Waals surface area contributed by atoms with Crippen LogP contribution in [0.5, 0.6) is 0 Å². The number of urea groups is 1. The first kappa shape index (κ1) is 14.3. The molecular formula is C11H17N3O3S2. The van der Waals surface area contributed by atoms with Crippen molar-refractivity contribution in [3.63, 3.8) is 0 Å². The molecule has 2 heterocycles. The van der Waals surface area contributed by atoms with Crippen molar-refractivity contribution in [1.29, 1.82) is 0 Å². The molecule has 0 spiro atoms. The van der Waals surface area contributed by atoms with Gasteiger partial charge in [0.15, 0.2) is 9.84 Å². The molecule has 2 amide bonds. The number of carbonyl (C=O) groups is 1. The maximum atomic E-state index is 11.6. The molecule has 0 radical (unpaired) electrons. The average molecular weight is 303 g/mol. The Balaban J connectivity index is 1.68. The molecule has 1 saturated heterocycles. The van der Waals surface area contributed by atoms with Gasteiger partial charge >= 0.3 is 6.03 Å². The lowest BCUT2D eigenvalue weighted by Gasteiger charge is -2.11. The molecule has 0 bridgehead atoms. The van der Waals surface area contributed by atoms with Gasteiger partial charge in [-0.2, -0.15) is 0 Å². The van der Waals surface area contributed by atoms with Crippen molar-refractivity contribution < 1.29 is 13.2 Å². The van der Waals surface area contributed by atoms with E-state index in [2.05, 4.69) is 15.6 Å². The van der Waals surface area contributed by atoms with Gasteiger partial charge in [-0.25, -0.2) is 18.2 Å². The maximum absolute atomic E-state index is 11.6. The molecule has 0 aliphatic carbocycles. The number of aryl methyl sites for hydroxylation is 1. The number of hydrogen-bond donors (Lipinski definition) is 2. The number of sulfone groups is 1. The molecule has 2 N–H and O–H groups in total. The van der Waals surface area contributed by atoms with E-state index in [0.717, 1.165) is 10.7 Å². The molecule has 6 nitrogen and oxygen atoms in total. The molecule has 8 heteroatoms. The Hall–Kier alpha value is -1.15. The number of carbonyl (C=O) groups excluding carboxylic acids is 1. The molecule has 1 atom stereocenters. The van der Waals surface area contributed by atoms with Gasteiger partial charge in [-0.05, 0) is 13.3 Å². The molecule has 1 aliphatic rings. The normalized spacial score (nSPS) is 21.2. The molecule has 106 valence electrons. The van der Waals surface area contributed by atoms with E-state index >= 15 is 0 Å². The average Bonchev–Trinajstić information content (AvgIpc) is 2.85. The van der Waals surface area contributed by atoms with Crippen LogP contribution in [0.4, 0.5) is 4.79 Å². The standard InChI is InChI=1S/C11H17N3O3S2/c1-8-13-9(6-18-8)2-4-12-11(15)14-10-3-5-19(16,17)7-10/h6,10H,2-5,7H2,1H3,(H2,12,14,15)/t10-/m0/s1. The van der Waals surface area contributed by atoms with Crippen LogP contribution in [0.1, 0.15) is 17.1 Å². The molecule has 1 aromatic heterocycles. The number of thiazole rings is 1. The molecule has 2 rings (SSSR count). The van der Waals surface area contributed by atoms with E-state index in [-0.39, 0.29) is 23.6 Å². The van der Waals surface area contributed by atoms with E-state index in [9.17, 15) is 13.2 Å². The van der Waals surface area contributed by atoms with Gasteiger partial charge in [0.25, 0.3) is 0 Å². The van der Waals surface area contributed by atoms with Gasteiger partial charge in [0.05, 0.1) is 22.2 Å². The Kier molecular flexibility index (Phi) is 4.41. The summed E-state index contributed by atoms with van der Waals surface area (Å²) >= 11 is 1.58. The monoisotopic (exact) mass is 303 g/mol. The van der Waals surface area contributed by atoms with Crippen LogP contribution < -0.4 is 10.6 Å². The summed E-state index contributed by atoms with van der Waals surface area (Å²) in [6.45, 7) is 2.43. The van der Waals surface area contributed by atoms with Crippen LogP contribution in [0, 0.1) is 6.92 Å². The number of rotatable bonds is 4. The summed E-state index contributed by atoms with van der Waals surface area (Å²) in [6.07, 6.45) is 1.18. The first-order valence-electron chi connectivity index (χ1n) is 6.10. The van der Waals surface area contributed by atoms with Crippen LogP contribution in [-0.4, -0.2) is 43.5 Å². The second-order valence-electron chi connectivity index (χ2n) is 4.61. The van der Waals surface area contributed by atoms with Gasteiger partial charge in [0.2, 0.25) is 0 Å². The third-order valence-corrected chi connectivity index (χ3v) is 5.49. The fourth-order valence-electron chi connectivity index (χ4n) is 1.97. The van der Waals surface area contributed by atoms with Crippen molar-refractivity contribution in [2.75, 3.05) is 18.1 Å². The van der Waals surface area contributed by atoms with E-state index in [1.54, 1.807) is 11.3 Å². The summed E-state index contributed by atoms with van der Waals surface area (Å²) in [5.74, 6) is 0.210. The van der Waals surface area contributed by atoms with Crippen LogP contribution in [-0.2, 0) is 16.3 Å². The minimum atomic E-state index is -2.95. The summed E-state index contributed by atoms with van der Waals surface area (Å²) in [5.41, 5.74) is 0.964. The highest BCUT2D eigenvalue weighted by Gasteiger charge is 2.28. The van der Waals surface area contributed by atoms with Gasteiger partial charge < -0.3 is 10.6 Å². The summed E-state index contributed by atoms with van der Waals surface area (Å²) in [5, 5.41) is 8.37. The van der Waals surface area contributed by atoms with Gasteiger partial charge in [-0.1, -0.05) is 0 Å². The summed E-state index contributed by atoms with van der Waals surface area (Å²) < 4.78 is 22.5. The molecule has 0 aromatic carbocycles. The molecule has 1 fully saturated rings. The highest BCUT2D eigenvalue weighted by molar-refractivity contribution is 7.91. The first-order valence-corrected chi connectivity index (χ1v) is 8.80. The highest BCUT2D eigenvalue weighted by atomic mass is 32.2. The Bertz CT molecular complexity index is 553. The summed E-state index contributed by atoms with van der Waals surface area (Å²) in [7, 11) is -2.95. The second kappa shape index (κ2) is 5.87. The fraction of sp³-hybridized carbons (Fsp3) is 0.636. The highest BCUT2D eigenvalue weighted by Crippen LogP contribution is 2.11. The zero-order valence-electron chi connectivity index (χ0n) is 10.7. The topological polar surface area (TPSA) is 88.2 Å². The molecule has 1 aliphatic heterocycles. The van der Waals surface area contributed by atoms with Crippen molar-refractivity contribution in [1.82, 2.24) is 15.6 Å². The van der Waals surface area contributed by atoms with Crippen LogP contribution >= 0.6 is 11.3 Å². The predicted molar refractivity (Wildman–Crippen MR) is 74.1 cm³/mol. The number of hydrogen-bond acceptors (Lipinski definition) is 5. The van der Waals surface area contributed by atoms with Crippen molar-refractivity contribution in [3.8, 4) is 0 Å². The Morgan fingerprint density at radius 1 is 1.58 bits per heavy atom. The third kappa shape index (κ3) is 4.46. The largest absolute Gasteiger partial charge is 0.338 e. The van der Waals surface area contributed by atoms with E-state index < -0.39 is 9.84 Å². The van der Waals surface area contributed by atoms with E-state index in [0.29, 0.717) is 19.4 Å². The van der Waals surface area contributed by atoms with Gasteiger partial charge in [0, 0.05) is 24.4 Å². The second-order valence-corrected chi connectivity index (χ2v) is 7.90. The van der Waals surface area contributed by atoms with Crippen LogP contribution in [0.25, 0.3) is 0 Å². The molecule has 0 unspecified atom stereocenters. The summed E-state index contributed by atoms with van der Waals surface area (Å²) in [4.78, 5) is 15.9. The SMILES string of the molecule is Cc1nc(CCNC(=O)N[C@H]2CCS(=O)(=O)C2)cs1. The lowest BCUT2D eigenvalue weighted by atomic mass is 10.3. The zero-order chi connectivity index (χ0) is 13.9. The Morgan fingerprint density at radius 2 is 2.37 bits per heavy atom. The maximum Gasteiger partial charge on any atom is 0.315 e. The Labute approximate surface area is 116 Å². The molecule has 19 heavy (non-hydrogen) atoms. The van der Waals surface area contributed by atoms with E-state index in [1.165, 1.54) is 0 Å². The van der Waals surface area contributed by atoms with Crippen LogP contribution in [0.2, 0.25) is 0 Å². The Morgan fingerprint density at radius 3 is 2.95 bits per heavy atom. The lowest BCUT2D eigenvalue weighted by molar-refractivity contribution is 0.238. The fourth-order valence-corrected chi connectivity index (χ4v) is 4.29. The van der Waals surface area contributed by atoms with E-state index in [4.69, 9.17) is 0 Å². The van der Waals surface area contributed by atoms with Gasteiger partial charge in [0.1, 0.15) is 0 Å². The molecular weight excluding hydrogens is 286 g/mol. The predicted octanol–water partition coefficient (Wildman–Crippen LogP) is 0.480. The van der Waals surface area contributed by atoms with Gasteiger partial charge in [-0.3, -0.25) is 0 Å². The van der Waals surface area contributed by atoms with Crippen molar-refractivity contribution in [3.05, 3.63) is 16.1 Å². The number of nitrogens with zero attached hydrogens (tertiary/aromatic N) is 1. The van der Waals surface area contributed by atoms with E-state index in [1.807, 2.05) is 12.3 Å². The number of aromatic nitrogens is 1. The van der Waals surface area contributed by atoms with Crippen molar-refractivity contribution in [2.24, 2.45) is 0 Å². The molecule has 0 saturated carbocycles. The quantitative estimate of drug-likeness (QED) is 0.847. The molecule has 1 aromatic rings. The number of amides is 2. The summed E-state index contributed by atoms with van der Waals surface area (Å²) in [6, 6.07) is -0.569. The van der Waals surface area contributed by atoms with Crippen molar-refractivity contribution >= 4 is 27.2 Å². The van der Waals surface area contributed by atoms with Crippen LogP contribution in [0.15, 0.2) is 5.38 Å². The number of nitrogens with one attached hydrogen (secondary N) is 2. The first-order chi connectivity index (χ1) is 8.94. The minimum Gasteiger partial charge on any atom is -0.338 e. The van der Waals surface area contributed by atoms with Crippen LogP contribution in [0.3, 0.4) is 0 Å². The zero-order valence-corrected chi connectivity index (χ0v) is 12.3. The third-order valence-electron chi connectivity index (χ3n) is 2.90. The smallest absolute Gasteiger partial charge is 0.315 e. The lowest BCUT2D eigenvalue weighted by Crippen LogP contribution is -2.43.